The average molecular weight is 244 g/mol. The monoisotopic (exact) mass is 244 g/mol. The number of benzene rings is 1. The van der Waals surface area contributed by atoms with Gasteiger partial charge in [-0.15, -0.1) is 0 Å². The fourth-order valence-corrected chi connectivity index (χ4v) is 2.85. The number of aromatic amines is 1. The van der Waals surface area contributed by atoms with Crippen LogP contribution in [0.1, 0.15) is 25.7 Å². The van der Waals surface area contributed by atoms with E-state index in [4.69, 9.17) is 12.2 Å². The molecule has 1 aliphatic rings. The lowest BCUT2D eigenvalue weighted by atomic mass is 10.1. The van der Waals surface area contributed by atoms with Gasteiger partial charge < -0.3 is 9.55 Å². The summed E-state index contributed by atoms with van der Waals surface area (Å²) in [5.74, 6) is 0. The van der Waals surface area contributed by atoms with Gasteiger partial charge in [0.15, 0.2) is 4.77 Å². The lowest BCUT2D eigenvalue weighted by Crippen LogP contribution is -1.98. The zero-order valence-electron chi connectivity index (χ0n) is 9.78. The molecular formula is C14H16N2S. The molecule has 0 radical (unpaired) electrons. The molecule has 0 saturated carbocycles. The number of H-pyrrole nitrogens is 1. The Labute approximate surface area is 106 Å². The van der Waals surface area contributed by atoms with Gasteiger partial charge in [-0.25, -0.2) is 0 Å². The first-order chi connectivity index (χ1) is 8.34. The molecule has 0 unspecified atom stereocenters. The summed E-state index contributed by atoms with van der Waals surface area (Å²) in [7, 11) is 0. The molecule has 2 aromatic rings. The number of rotatable bonds is 3. The van der Waals surface area contributed by atoms with E-state index in [2.05, 4.69) is 33.8 Å². The number of nitrogens with one attached hydrogen (secondary N) is 1. The lowest BCUT2D eigenvalue weighted by Gasteiger charge is -2.05. The normalized spacial score (nSPS) is 15.4. The first kappa shape index (κ1) is 10.8. The third-order valence-electron chi connectivity index (χ3n) is 3.47. The van der Waals surface area contributed by atoms with Crippen LogP contribution in [0.2, 0.25) is 0 Å². The van der Waals surface area contributed by atoms with Crippen LogP contribution in [0.3, 0.4) is 0 Å². The molecule has 1 heterocycles. The molecule has 0 spiro atoms. The van der Waals surface area contributed by atoms with Crippen molar-refractivity contribution in [2.75, 3.05) is 0 Å². The van der Waals surface area contributed by atoms with E-state index in [9.17, 15) is 0 Å². The number of allylic oxidation sites excluding steroid dienone is 2. The molecule has 0 atom stereocenters. The molecule has 3 heteroatoms. The number of imidazole rings is 1. The minimum Gasteiger partial charge on any atom is -0.331 e. The summed E-state index contributed by atoms with van der Waals surface area (Å²) in [4.78, 5) is 3.26. The summed E-state index contributed by atoms with van der Waals surface area (Å²) < 4.78 is 3.05. The molecule has 0 aliphatic heterocycles. The number of para-hydroxylation sites is 2. The third kappa shape index (κ3) is 2.07. The predicted molar refractivity (Wildman–Crippen MR) is 73.7 cm³/mol. The van der Waals surface area contributed by atoms with Crippen molar-refractivity contribution in [3.63, 3.8) is 0 Å². The van der Waals surface area contributed by atoms with Crippen molar-refractivity contribution >= 4 is 23.3 Å². The van der Waals surface area contributed by atoms with E-state index in [0.29, 0.717) is 0 Å². The average Bonchev–Trinajstić information content (AvgIpc) is 2.93. The Morgan fingerprint density at radius 3 is 3.00 bits per heavy atom. The van der Waals surface area contributed by atoms with E-state index >= 15 is 0 Å². The summed E-state index contributed by atoms with van der Waals surface area (Å²) in [6, 6.07) is 8.31. The molecule has 0 amide bonds. The Bertz CT molecular complexity index is 618. The fraction of sp³-hybridized carbons (Fsp3) is 0.357. The van der Waals surface area contributed by atoms with Crippen LogP contribution in [0.4, 0.5) is 0 Å². The summed E-state index contributed by atoms with van der Waals surface area (Å²) >= 11 is 5.38. The second-order valence-corrected chi connectivity index (χ2v) is 4.99. The van der Waals surface area contributed by atoms with E-state index in [-0.39, 0.29) is 0 Å². The SMILES string of the molecule is S=c1[nH]c2ccccc2n1CCC1=CCCC1. The van der Waals surface area contributed by atoms with Crippen LogP contribution in [0.15, 0.2) is 35.9 Å². The number of aromatic nitrogens is 2. The molecular weight excluding hydrogens is 228 g/mol. The highest BCUT2D eigenvalue weighted by Crippen LogP contribution is 2.22. The lowest BCUT2D eigenvalue weighted by molar-refractivity contribution is 0.688. The first-order valence-corrected chi connectivity index (χ1v) is 6.61. The highest BCUT2D eigenvalue weighted by atomic mass is 32.1. The summed E-state index contributed by atoms with van der Waals surface area (Å²) in [5.41, 5.74) is 3.95. The summed E-state index contributed by atoms with van der Waals surface area (Å²) in [6.07, 6.45) is 7.38. The predicted octanol–water partition coefficient (Wildman–Crippen LogP) is 4.20. The van der Waals surface area contributed by atoms with Gasteiger partial charge in [-0.05, 0) is 50.0 Å². The zero-order chi connectivity index (χ0) is 11.7. The molecule has 0 bridgehead atoms. The van der Waals surface area contributed by atoms with Crippen LogP contribution in [-0.4, -0.2) is 9.55 Å². The fourth-order valence-electron chi connectivity index (χ4n) is 2.55. The minimum atomic E-state index is 0.838. The molecule has 0 saturated heterocycles. The molecule has 1 aromatic heterocycles. The smallest absolute Gasteiger partial charge is 0.178 e. The molecule has 3 rings (SSSR count). The van der Waals surface area contributed by atoms with Crippen molar-refractivity contribution < 1.29 is 0 Å². The van der Waals surface area contributed by atoms with Crippen LogP contribution >= 0.6 is 12.2 Å². The Morgan fingerprint density at radius 2 is 2.18 bits per heavy atom. The Hall–Kier alpha value is -1.35. The maximum Gasteiger partial charge on any atom is 0.178 e. The Balaban J connectivity index is 1.89. The second-order valence-electron chi connectivity index (χ2n) is 4.60. The van der Waals surface area contributed by atoms with Crippen molar-refractivity contribution in [3.8, 4) is 0 Å². The van der Waals surface area contributed by atoms with Gasteiger partial charge in [0, 0.05) is 6.54 Å². The number of hydrogen-bond acceptors (Lipinski definition) is 1. The maximum atomic E-state index is 5.38. The topological polar surface area (TPSA) is 20.7 Å². The first-order valence-electron chi connectivity index (χ1n) is 6.20. The van der Waals surface area contributed by atoms with Crippen LogP contribution in [0.5, 0.6) is 0 Å². The molecule has 88 valence electrons. The number of fused-ring (bicyclic) bond motifs is 1. The number of hydrogen-bond donors (Lipinski definition) is 1. The van der Waals surface area contributed by atoms with E-state index in [1.54, 1.807) is 5.57 Å². The van der Waals surface area contributed by atoms with E-state index in [1.807, 2.05) is 6.07 Å². The van der Waals surface area contributed by atoms with Crippen molar-refractivity contribution in [1.82, 2.24) is 9.55 Å². The maximum absolute atomic E-state index is 5.38. The van der Waals surface area contributed by atoms with Gasteiger partial charge in [0.1, 0.15) is 0 Å². The number of nitrogens with zero attached hydrogens (tertiary/aromatic N) is 1. The van der Waals surface area contributed by atoms with E-state index in [0.717, 1.165) is 23.3 Å². The van der Waals surface area contributed by atoms with Crippen LogP contribution in [0, 0.1) is 4.77 Å². The quantitative estimate of drug-likeness (QED) is 0.634. The van der Waals surface area contributed by atoms with Gasteiger partial charge in [-0.2, -0.15) is 0 Å². The van der Waals surface area contributed by atoms with Crippen molar-refractivity contribution in [1.29, 1.82) is 0 Å². The van der Waals surface area contributed by atoms with Crippen LogP contribution in [0.25, 0.3) is 11.0 Å². The summed E-state index contributed by atoms with van der Waals surface area (Å²) in [6.45, 7) is 0.995. The number of aryl methyl sites for hydroxylation is 1. The molecule has 0 fully saturated rings. The standard InChI is InChI=1S/C14H16N2S/c17-14-15-12-7-3-4-8-13(12)16(14)10-9-11-5-1-2-6-11/h3-5,7-8H,1-2,6,9-10H2,(H,15,17). The highest BCUT2D eigenvalue weighted by molar-refractivity contribution is 7.71. The third-order valence-corrected chi connectivity index (χ3v) is 3.80. The van der Waals surface area contributed by atoms with Crippen molar-refractivity contribution in [2.24, 2.45) is 0 Å². The van der Waals surface area contributed by atoms with Gasteiger partial charge in [0.2, 0.25) is 0 Å². The van der Waals surface area contributed by atoms with Crippen molar-refractivity contribution in [2.45, 2.75) is 32.2 Å². The van der Waals surface area contributed by atoms with Gasteiger partial charge >= 0.3 is 0 Å². The van der Waals surface area contributed by atoms with Crippen LogP contribution < -0.4 is 0 Å². The summed E-state index contributed by atoms with van der Waals surface area (Å²) in [5, 5.41) is 0. The largest absolute Gasteiger partial charge is 0.331 e. The van der Waals surface area contributed by atoms with E-state index < -0.39 is 0 Å². The molecule has 1 aliphatic carbocycles. The van der Waals surface area contributed by atoms with Crippen LogP contribution in [-0.2, 0) is 6.54 Å². The molecule has 1 N–H and O–H groups in total. The Morgan fingerprint density at radius 1 is 1.29 bits per heavy atom. The van der Waals surface area contributed by atoms with E-state index in [1.165, 1.54) is 24.8 Å². The van der Waals surface area contributed by atoms with Gasteiger partial charge in [-0.3, -0.25) is 0 Å². The second kappa shape index (κ2) is 4.49. The van der Waals surface area contributed by atoms with Gasteiger partial charge in [0.05, 0.1) is 11.0 Å². The van der Waals surface area contributed by atoms with Gasteiger partial charge in [-0.1, -0.05) is 23.8 Å². The van der Waals surface area contributed by atoms with Crippen molar-refractivity contribution in [3.05, 3.63) is 40.7 Å². The Kier molecular flexibility index (Phi) is 2.85. The van der Waals surface area contributed by atoms with Gasteiger partial charge in [0.25, 0.3) is 0 Å². The molecule has 17 heavy (non-hydrogen) atoms. The minimum absolute atomic E-state index is 0.838. The zero-order valence-corrected chi connectivity index (χ0v) is 10.6. The molecule has 1 aromatic carbocycles. The molecule has 2 nitrogen and oxygen atoms in total. The highest BCUT2D eigenvalue weighted by Gasteiger charge is 2.07.